The molecule has 2 saturated heterocycles. The largest absolute Gasteiger partial charge is 0.354 e. The molecule has 2 aliphatic rings. The lowest BCUT2D eigenvalue weighted by Crippen LogP contribution is -2.47. The van der Waals surface area contributed by atoms with Crippen LogP contribution in [0.3, 0.4) is 0 Å². The molecular formula is C26H29FN8. The van der Waals surface area contributed by atoms with E-state index >= 15 is 0 Å². The Kier molecular flexibility index (Phi) is 5.64. The van der Waals surface area contributed by atoms with Crippen LogP contribution < -0.4 is 4.90 Å². The molecule has 8 nitrogen and oxygen atoms in total. The fourth-order valence-corrected chi connectivity index (χ4v) is 5.40. The Morgan fingerprint density at radius 2 is 2.03 bits per heavy atom. The van der Waals surface area contributed by atoms with E-state index < -0.39 is 5.67 Å². The van der Waals surface area contributed by atoms with Crippen LogP contribution in [-0.4, -0.2) is 72.7 Å². The van der Waals surface area contributed by atoms with Gasteiger partial charge in [-0.1, -0.05) is 23.4 Å². The quantitative estimate of drug-likeness (QED) is 0.395. The lowest BCUT2D eigenvalue weighted by atomic mass is 9.89. The van der Waals surface area contributed by atoms with Gasteiger partial charge < -0.3 is 4.90 Å². The Balaban J connectivity index is 1.17. The van der Waals surface area contributed by atoms with E-state index in [1.165, 1.54) is 0 Å². The van der Waals surface area contributed by atoms with E-state index in [0.717, 1.165) is 54.9 Å². The number of hydrogen-bond donors (Lipinski definition) is 0. The third kappa shape index (κ3) is 4.36. The number of pyridine rings is 1. The van der Waals surface area contributed by atoms with Gasteiger partial charge in [0.05, 0.1) is 18.3 Å². The third-order valence-corrected chi connectivity index (χ3v) is 7.42. The number of anilines is 1. The first-order valence-electron chi connectivity index (χ1n) is 12.3. The summed E-state index contributed by atoms with van der Waals surface area (Å²) in [6, 6.07) is 10.6. The highest BCUT2D eigenvalue weighted by Gasteiger charge is 2.37. The molecule has 6 rings (SSSR count). The standard InChI is InChI=1S/C26H29FN8/c1-2-8-26(27)9-13-33(14-10-26)21-7-12-34(18-21)23-16-29-24-25(30-23)35(32-31-24)17-19-5-6-22-20(15-19)4-3-11-28-22/h2-6,11,15-16,21H,1,7-10,12-14,17-18H2/t21-/m1/s1. The van der Waals surface area contributed by atoms with Gasteiger partial charge in [0.15, 0.2) is 5.65 Å². The molecule has 0 unspecified atom stereocenters. The van der Waals surface area contributed by atoms with Crippen LogP contribution in [0.2, 0.25) is 0 Å². The maximum absolute atomic E-state index is 14.8. The number of nitrogens with zero attached hydrogens (tertiary/aromatic N) is 8. The van der Waals surface area contributed by atoms with Gasteiger partial charge in [-0.25, -0.2) is 19.0 Å². The van der Waals surface area contributed by atoms with E-state index in [-0.39, 0.29) is 0 Å². The van der Waals surface area contributed by atoms with Crippen molar-refractivity contribution in [1.82, 2.24) is 34.8 Å². The molecule has 0 bridgehead atoms. The third-order valence-electron chi connectivity index (χ3n) is 7.42. The summed E-state index contributed by atoms with van der Waals surface area (Å²) in [6.07, 6.45) is 7.95. The topological polar surface area (TPSA) is 75.9 Å². The van der Waals surface area contributed by atoms with E-state index in [0.29, 0.717) is 43.1 Å². The molecule has 2 fully saturated rings. The van der Waals surface area contributed by atoms with Gasteiger partial charge >= 0.3 is 0 Å². The average Bonchev–Trinajstić information content (AvgIpc) is 3.52. The lowest BCUT2D eigenvalue weighted by molar-refractivity contribution is 0.0444. The number of fused-ring (bicyclic) bond motifs is 2. The fourth-order valence-electron chi connectivity index (χ4n) is 5.40. The zero-order valence-electron chi connectivity index (χ0n) is 19.7. The zero-order valence-corrected chi connectivity index (χ0v) is 19.7. The Morgan fingerprint density at radius 3 is 2.89 bits per heavy atom. The summed E-state index contributed by atoms with van der Waals surface area (Å²) in [6.45, 7) is 7.65. The highest BCUT2D eigenvalue weighted by molar-refractivity contribution is 5.79. The first-order chi connectivity index (χ1) is 17.1. The molecule has 1 atom stereocenters. The second-order valence-electron chi connectivity index (χ2n) is 9.72. The minimum absolute atomic E-state index is 0.412. The smallest absolute Gasteiger partial charge is 0.221 e. The number of piperidine rings is 1. The van der Waals surface area contributed by atoms with Crippen molar-refractivity contribution in [2.75, 3.05) is 31.1 Å². The summed E-state index contributed by atoms with van der Waals surface area (Å²) in [5, 5.41) is 9.63. The van der Waals surface area contributed by atoms with Crippen LogP contribution in [0.1, 0.15) is 31.2 Å². The van der Waals surface area contributed by atoms with Gasteiger partial charge in [0.25, 0.3) is 0 Å². The maximum Gasteiger partial charge on any atom is 0.221 e. The molecule has 5 heterocycles. The molecule has 0 spiro atoms. The lowest BCUT2D eigenvalue weighted by Gasteiger charge is -2.39. The van der Waals surface area contributed by atoms with E-state index in [1.54, 1.807) is 18.5 Å². The van der Waals surface area contributed by atoms with Crippen molar-refractivity contribution in [2.45, 2.75) is 43.9 Å². The van der Waals surface area contributed by atoms with Crippen LogP contribution in [-0.2, 0) is 6.54 Å². The van der Waals surface area contributed by atoms with Crippen molar-refractivity contribution in [3.63, 3.8) is 0 Å². The summed E-state index contributed by atoms with van der Waals surface area (Å²) in [7, 11) is 0. The normalized spacial score (nSPS) is 20.6. The number of benzene rings is 1. The first-order valence-corrected chi connectivity index (χ1v) is 12.3. The molecular weight excluding hydrogens is 443 g/mol. The minimum atomic E-state index is -1.08. The summed E-state index contributed by atoms with van der Waals surface area (Å²) in [4.78, 5) is 18.5. The number of hydrogen-bond acceptors (Lipinski definition) is 7. The first kappa shape index (κ1) is 22.0. The van der Waals surface area contributed by atoms with Gasteiger partial charge in [0.2, 0.25) is 5.65 Å². The predicted molar refractivity (Wildman–Crippen MR) is 134 cm³/mol. The van der Waals surface area contributed by atoms with Crippen molar-refractivity contribution in [3.05, 3.63) is 60.9 Å². The van der Waals surface area contributed by atoms with Gasteiger partial charge in [-0.15, -0.1) is 11.7 Å². The highest BCUT2D eigenvalue weighted by Crippen LogP contribution is 2.33. The van der Waals surface area contributed by atoms with E-state index in [9.17, 15) is 4.39 Å². The highest BCUT2D eigenvalue weighted by atomic mass is 19.1. The molecule has 0 N–H and O–H groups in total. The maximum atomic E-state index is 14.8. The van der Waals surface area contributed by atoms with E-state index in [2.05, 4.69) is 54.9 Å². The number of alkyl halides is 1. The van der Waals surface area contributed by atoms with Gasteiger partial charge in [-0.2, -0.15) is 0 Å². The monoisotopic (exact) mass is 472 g/mol. The average molecular weight is 473 g/mol. The van der Waals surface area contributed by atoms with Crippen LogP contribution >= 0.6 is 0 Å². The Hall–Kier alpha value is -3.46. The molecule has 3 aromatic heterocycles. The number of rotatable bonds is 6. The fraction of sp³-hybridized carbons (Fsp3) is 0.423. The molecule has 9 heteroatoms. The van der Waals surface area contributed by atoms with Crippen molar-refractivity contribution in [3.8, 4) is 0 Å². The Bertz CT molecular complexity index is 1360. The van der Waals surface area contributed by atoms with E-state index in [4.69, 9.17) is 4.98 Å². The molecule has 4 aromatic rings. The summed E-state index contributed by atoms with van der Waals surface area (Å²) >= 11 is 0. The molecule has 0 aliphatic carbocycles. The summed E-state index contributed by atoms with van der Waals surface area (Å²) in [5.74, 6) is 0.842. The van der Waals surface area contributed by atoms with Crippen molar-refractivity contribution in [1.29, 1.82) is 0 Å². The molecule has 0 saturated carbocycles. The van der Waals surface area contributed by atoms with Crippen LogP contribution in [0.4, 0.5) is 10.2 Å². The molecule has 1 aromatic carbocycles. The van der Waals surface area contributed by atoms with Gasteiger partial charge in [0, 0.05) is 43.8 Å². The predicted octanol–water partition coefficient (Wildman–Crippen LogP) is 3.78. The van der Waals surface area contributed by atoms with Gasteiger partial charge in [-0.05, 0) is 49.4 Å². The molecule has 180 valence electrons. The Labute approximate surface area is 203 Å². The van der Waals surface area contributed by atoms with Crippen molar-refractivity contribution < 1.29 is 4.39 Å². The van der Waals surface area contributed by atoms with Crippen molar-refractivity contribution in [2.24, 2.45) is 0 Å². The molecule has 2 aliphatic heterocycles. The number of aromatic nitrogens is 6. The van der Waals surface area contributed by atoms with Crippen molar-refractivity contribution >= 4 is 28.0 Å². The van der Waals surface area contributed by atoms with E-state index in [1.807, 2.05) is 16.8 Å². The van der Waals surface area contributed by atoms with Gasteiger partial charge in [-0.3, -0.25) is 9.88 Å². The van der Waals surface area contributed by atoms with Crippen LogP contribution in [0.25, 0.3) is 22.2 Å². The molecule has 0 amide bonds. The second-order valence-corrected chi connectivity index (χ2v) is 9.72. The Morgan fingerprint density at radius 1 is 1.14 bits per heavy atom. The number of halogens is 1. The van der Waals surface area contributed by atoms with Crippen LogP contribution in [0.15, 0.2) is 55.4 Å². The van der Waals surface area contributed by atoms with Gasteiger partial charge in [0.1, 0.15) is 11.5 Å². The zero-order chi connectivity index (χ0) is 23.8. The minimum Gasteiger partial charge on any atom is -0.354 e. The number of likely N-dealkylation sites (tertiary alicyclic amines) is 1. The second kappa shape index (κ2) is 8.96. The van der Waals surface area contributed by atoms with Crippen LogP contribution in [0.5, 0.6) is 0 Å². The molecule has 35 heavy (non-hydrogen) atoms. The SMILES string of the molecule is C=CCC1(F)CCN([C@@H]2CCN(c3cnc4nnn(Cc5ccc6ncccc6c5)c4n3)C2)CC1. The summed E-state index contributed by atoms with van der Waals surface area (Å²) < 4.78 is 16.6. The number of allylic oxidation sites excluding steroid dienone is 1. The summed E-state index contributed by atoms with van der Waals surface area (Å²) in [5.41, 5.74) is 2.22. The van der Waals surface area contributed by atoms with Crippen LogP contribution in [0, 0.1) is 0 Å². The molecule has 0 radical (unpaired) electrons.